The molecule has 1 aromatic heterocycles. The van der Waals surface area contributed by atoms with E-state index in [9.17, 15) is 0 Å². The zero-order valence-corrected chi connectivity index (χ0v) is 39.8. The van der Waals surface area contributed by atoms with Crippen LogP contribution in [-0.4, -0.2) is 4.57 Å². The first kappa shape index (κ1) is 42.1. The van der Waals surface area contributed by atoms with E-state index in [1.54, 1.807) is 0 Å². The topological polar surface area (TPSA) is 8.17 Å². The monoisotopic (exact) mass is 906 g/mol. The van der Waals surface area contributed by atoms with E-state index in [4.69, 9.17) is 0 Å². The van der Waals surface area contributed by atoms with Crippen molar-refractivity contribution in [2.24, 2.45) is 0 Å². The molecule has 0 amide bonds. The summed E-state index contributed by atoms with van der Waals surface area (Å²) in [7, 11) is 0. The van der Waals surface area contributed by atoms with E-state index in [1.807, 2.05) is 0 Å². The smallest absolute Gasteiger partial charge is 0.0619 e. The van der Waals surface area contributed by atoms with Crippen LogP contribution in [0.1, 0.15) is 25.0 Å². The van der Waals surface area contributed by atoms with Crippen molar-refractivity contribution in [3.05, 3.63) is 278 Å². The second kappa shape index (κ2) is 17.2. The Morgan fingerprint density at radius 3 is 1.39 bits per heavy atom. The predicted octanol–water partition coefficient (Wildman–Crippen LogP) is 18.9. The van der Waals surface area contributed by atoms with Crippen molar-refractivity contribution >= 4 is 38.7 Å². The second-order valence-electron chi connectivity index (χ2n) is 19.3. The lowest BCUT2D eigenvalue weighted by molar-refractivity contribution is 0.660. The fraction of sp³-hybridized carbons (Fsp3) is 0.0435. The molecule has 0 saturated heterocycles. The number of rotatable bonds is 9. The molecule has 2 heteroatoms. The Bertz CT molecular complexity index is 3820. The summed E-state index contributed by atoms with van der Waals surface area (Å²) in [6.07, 6.45) is 0. The highest BCUT2D eigenvalue weighted by atomic mass is 15.1. The maximum absolute atomic E-state index is 2.50. The van der Waals surface area contributed by atoms with Gasteiger partial charge in [-0.25, -0.2) is 0 Å². The molecule has 0 saturated carbocycles. The molecule has 1 aliphatic rings. The van der Waals surface area contributed by atoms with E-state index in [0.29, 0.717) is 0 Å². The highest BCUT2D eigenvalue weighted by Crippen LogP contribution is 2.52. The van der Waals surface area contributed by atoms with Crippen LogP contribution in [0.2, 0.25) is 0 Å². The van der Waals surface area contributed by atoms with Gasteiger partial charge in [0.15, 0.2) is 0 Å². The number of aromatic nitrogens is 1. The average Bonchev–Trinajstić information content (AvgIpc) is 3.90. The number of fused-ring (bicyclic) bond motifs is 5. The van der Waals surface area contributed by atoms with Crippen LogP contribution in [0.25, 0.3) is 94.3 Å². The first-order chi connectivity index (χ1) is 35.0. The molecule has 11 aromatic carbocycles. The molecule has 0 spiro atoms. The molecular weight excluding hydrogens is 857 g/mol. The lowest BCUT2D eigenvalue weighted by atomic mass is 9.81. The third kappa shape index (κ3) is 7.27. The lowest BCUT2D eigenvalue weighted by Crippen LogP contribution is -2.16. The van der Waals surface area contributed by atoms with Crippen LogP contribution >= 0.6 is 0 Å². The Morgan fingerprint density at radius 1 is 0.324 bits per heavy atom. The fourth-order valence-electron chi connectivity index (χ4n) is 11.2. The van der Waals surface area contributed by atoms with Gasteiger partial charge in [-0.2, -0.15) is 0 Å². The minimum Gasteiger partial charge on any atom is -0.310 e. The Morgan fingerprint density at radius 2 is 0.775 bits per heavy atom. The Balaban J connectivity index is 0.926. The molecule has 1 aliphatic carbocycles. The standard InChI is InChI=1S/C69H50N2/c1-69(2)63-45-55(54-35-43-66-62(44-54)67(52-23-11-5-12-24-52)68(53-25-13-6-14-26-53)71(66)65-29-17-27-51-22-15-16-28-59(51)65)34-41-60(63)61-42-40-58(46-64(61)69)70(56-36-30-49(31-37-56)47-18-7-3-8-19-47)57-38-32-50(33-39-57)48-20-9-4-10-21-48/h3-46H,1-2H3. The van der Waals surface area contributed by atoms with Gasteiger partial charge < -0.3 is 9.47 Å². The summed E-state index contributed by atoms with van der Waals surface area (Å²) >= 11 is 0. The zero-order valence-electron chi connectivity index (χ0n) is 39.8. The largest absolute Gasteiger partial charge is 0.310 e. The summed E-state index contributed by atoms with van der Waals surface area (Å²) in [6.45, 7) is 4.79. The molecule has 71 heavy (non-hydrogen) atoms. The Hall–Kier alpha value is -8.98. The van der Waals surface area contributed by atoms with Gasteiger partial charge in [0.25, 0.3) is 0 Å². The van der Waals surface area contributed by atoms with Crippen molar-refractivity contribution in [2.45, 2.75) is 19.3 Å². The summed E-state index contributed by atoms with van der Waals surface area (Å²) in [5, 5.41) is 3.67. The number of hydrogen-bond acceptors (Lipinski definition) is 1. The van der Waals surface area contributed by atoms with Gasteiger partial charge in [0.1, 0.15) is 0 Å². The number of anilines is 3. The van der Waals surface area contributed by atoms with Crippen LogP contribution in [0, 0.1) is 0 Å². The minimum absolute atomic E-state index is 0.256. The van der Waals surface area contributed by atoms with Crippen LogP contribution in [0.3, 0.4) is 0 Å². The number of nitrogens with zero attached hydrogens (tertiary/aromatic N) is 2. The molecule has 12 aromatic rings. The summed E-state index contributed by atoms with van der Waals surface area (Å²) in [5.74, 6) is 0. The highest BCUT2D eigenvalue weighted by Gasteiger charge is 2.36. The first-order valence-corrected chi connectivity index (χ1v) is 24.7. The van der Waals surface area contributed by atoms with Crippen molar-refractivity contribution in [1.82, 2.24) is 4.57 Å². The van der Waals surface area contributed by atoms with Crippen molar-refractivity contribution in [2.75, 3.05) is 4.90 Å². The van der Waals surface area contributed by atoms with Gasteiger partial charge in [-0.3, -0.25) is 0 Å². The quantitative estimate of drug-likeness (QED) is 0.140. The highest BCUT2D eigenvalue weighted by molar-refractivity contribution is 6.09. The molecule has 1 heterocycles. The van der Waals surface area contributed by atoms with Gasteiger partial charge >= 0.3 is 0 Å². The van der Waals surface area contributed by atoms with Gasteiger partial charge in [-0.05, 0) is 133 Å². The molecule has 0 bridgehead atoms. The van der Waals surface area contributed by atoms with Gasteiger partial charge in [-0.1, -0.05) is 220 Å². The van der Waals surface area contributed by atoms with E-state index < -0.39 is 0 Å². The zero-order chi connectivity index (χ0) is 47.5. The molecule has 0 unspecified atom stereocenters. The van der Waals surface area contributed by atoms with Crippen molar-refractivity contribution in [1.29, 1.82) is 0 Å². The Kier molecular flexibility index (Phi) is 10.2. The van der Waals surface area contributed by atoms with Crippen LogP contribution in [0.5, 0.6) is 0 Å². The predicted molar refractivity (Wildman–Crippen MR) is 300 cm³/mol. The van der Waals surface area contributed by atoms with E-state index in [-0.39, 0.29) is 5.41 Å². The maximum Gasteiger partial charge on any atom is 0.0619 e. The van der Waals surface area contributed by atoms with Crippen LogP contribution in [0.4, 0.5) is 17.1 Å². The minimum atomic E-state index is -0.256. The molecule has 336 valence electrons. The van der Waals surface area contributed by atoms with Crippen LogP contribution in [0.15, 0.2) is 267 Å². The first-order valence-electron chi connectivity index (χ1n) is 24.7. The molecule has 2 nitrogen and oxygen atoms in total. The fourth-order valence-corrected chi connectivity index (χ4v) is 11.2. The van der Waals surface area contributed by atoms with Crippen molar-refractivity contribution < 1.29 is 0 Å². The van der Waals surface area contributed by atoms with Crippen molar-refractivity contribution in [3.8, 4) is 72.6 Å². The van der Waals surface area contributed by atoms with E-state index in [0.717, 1.165) is 17.1 Å². The molecule has 13 rings (SSSR count). The van der Waals surface area contributed by atoms with Crippen LogP contribution in [-0.2, 0) is 5.41 Å². The molecule has 0 fully saturated rings. The molecule has 0 aliphatic heterocycles. The lowest BCUT2D eigenvalue weighted by Gasteiger charge is -2.28. The SMILES string of the molecule is CC1(C)c2cc(-c3ccc4c(c3)c(-c3ccccc3)c(-c3ccccc3)n4-c3cccc4ccccc34)ccc2-c2ccc(N(c3ccc(-c4ccccc4)cc3)c3ccc(-c4ccccc4)cc3)cc21. The molecular formula is C69H50N2. The summed E-state index contributed by atoms with van der Waals surface area (Å²) in [4.78, 5) is 2.40. The number of hydrogen-bond donors (Lipinski definition) is 0. The van der Waals surface area contributed by atoms with Crippen molar-refractivity contribution in [3.63, 3.8) is 0 Å². The van der Waals surface area contributed by atoms with Gasteiger partial charge in [-0.15, -0.1) is 0 Å². The molecule has 0 radical (unpaired) electrons. The van der Waals surface area contributed by atoms with E-state index in [1.165, 1.54) is 105 Å². The van der Waals surface area contributed by atoms with Gasteiger partial charge in [0, 0.05) is 38.8 Å². The third-order valence-corrected chi connectivity index (χ3v) is 14.8. The van der Waals surface area contributed by atoms with E-state index >= 15 is 0 Å². The summed E-state index contributed by atoms with van der Waals surface area (Å²) in [5.41, 5.74) is 22.7. The molecule has 0 N–H and O–H groups in total. The number of benzene rings is 11. The summed E-state index contributed by atoms with van der Waals surface area (Å²) < 4.78 is 2.50. The summed E-state index contributed by atoms with van der Waals surface area (Å²) in [6, 6.07) is 97.8. The average molecular weight is 907 g/mol. The molecule has 0 atom stereocenters. The van der Waals surface area contributed by atoms with Gasteiger partial charge in [0.05, 0.1) is 16.9 Å². The Labute approximate surface area is 416 Å². The maximum atomic E-state index is 2.50. The van der Waals surface area contributed by atoms with Crippen LogP contribution < -0.4 is 4.90 Å². The van der Waals surface area contributed by atoms with E-state index in [2.05, 4.69) is 290 Å². The third-order valence-electron chi connectivity index (χ3n) is 14.8. The normalized spacial score (nSPS) is 12.5. The van der Waals surface area contributed by atoms with Gasteiger partial charge in [0.2, 0.25) is 0 Å². The second-order valence-corrected chi connectivity index (χ2v) is 19.3.